The molecule has 0 saturated carbocycles. The summed E-state index contributed by atoms with van der Waals surface area (Å²) in [5.41, 5.74) is 2.47. The number of amides is 1. The number of nitrogens with zero attached hydrogens (tertiary/aromatic N) is 1. The Kier molecular flexibility index (Phi) is 4.45. The number of aliphatic hydroxyl groups excluding tert-OH is 1. The Bertz CT molecular complexity index is 476. The fraction of sp³-hybridized carbons (Fsp3) is 0.714. The number of aromatic nitrogens is 2. The molecule has 6 nitrogen and oxygen atoms in total. The van der Waals surface area contributed by atoms with Crippen LogP contribution in [0.25, 0.3) is 0 Å². The lowest BCUT2D eigenvalue weighted by molar-refractivity contribution is 0.0891. The molecule has 0 radical (unpaired) electrons. The molecule has 1 atom stereocenters. The van der Waals surface area contributed by atoms with Crippen LogP contribution in [0.1, 0.15) is 48.9 Å². The van der Waals surface area contributed by atoms with Crippen LogP contribution in [0, 0.1) is 5.41 Å². The fourth-order valence-electron chi connectivity index (χ4n) is 2.57. The SMILES string of the molecule is CC(C)(C)CC(CO)NC(=O)c1n[nH]c2c1CNCC2. The highest BCUT2D eigenvalue weighted by atomic mass is 16.3. The number of hydrogen-bond donors (Lipinski definition) is 4. The molecule has 4 N–H and O–H groups in total. The Morgan fingerprint density at radius 1 is 1.50 bits per heavy atom. The van der Waals surface area contributed by atoms with Crippen LogP contribution >= 0.6 is 0 Å². The van der Waals surface area contributed by atoms with E-state index >= 15 is 0 Å². The van der Waals surface area contributed by atoms with Gasteiger partial charge in [0.15, 0.2) is 5.69 Å². The van der Waals surface area contributed by atoms with Crippen LogP contribution in [-0.2, 0) is 13.0 Å². The van der Waals surface area contributed by atoms with E-state index in [1.54, 1.807) is 0 Å². The zero-order valence-corrected chi connectivity index (χ0v) is 12.4. The number of carbonyl (C=O) groups excluding carboxylic acids is 1. The van der Waals surface area contributed by atoms with E-state index in [2.05, 4.69) is 41.6 Å². The molecule has 6 heteroatoms. The minimum Gasteiger partial charge on any atom is -0.394 e. The van der Waals surface area contributed by atoms with Gasteiger partial charge in [-0.25, -0.2) is 0 Å². The van der Waals surface area contributed by atoms with Crippen LogP contribution in [0.3, 0.4) is 0 Å². The number of carbonyl (C=O) groups is 1. The summed E-state index contributed by atoms with van der Waals surface area (Å²) >= 11 is 0. The van der Waals surface area contributed by atoms with Crippen molar-refractivity contribution in [2.24, 2.45) is 5.41 Å². The average Bonchev–Trinajstić information content (AvgIpc) is 2.80. The molecule has 0 aromatic carbocycles. The summed E-state index contributed by atoms with van der Waals surface area (Å²) in [6.45, 7) is 7.76. The second kappa shape index (κ2) is 5.93. The predicted octanol–water partition coefficient (Wildman–Crippen LogP) is 0.582. The van der Waals surface area contributed by atoms with Crippen molar-refractivity contribution in [3.8, 4) is 0 Å². The number of hydrogen-bond acceptors (Lipinski definition) is 4. The van der Waals surface area contributed by atoms with Gasteiger partial charge in [-0.2, -0.15) is 5.10 Å². The lowest BCUT2D eigenvalue weighted by Crippen LogP contribution is -2.40. The number of aliphatic hydroxyl groups is 1. The molecule has 1 aliphatic rings. The Morgan fingerprint density at radius 2 is 2.25 bits per heavy atom. The van der Waals surface area contributed by atoms with Crippen molar-refractivity contribution in [1.82, 2.24) is 20.8 Å². The number of H-pyrrole nitrogens is 1. The molecule has 0 fully saturated rings. The third-order valence-electron chi connectivity index (χ3n) is 3.44. The molecular weight excluding hydrogens is 256 g/mol. The number of rotatable bonds is 4. The van der Waals surface area contributed by atoms with E-state index in [0.29, 0.717) is 12.2 Å². The van der Waals surface area contributed by atoms with Gasteiger partial charge in [0.1, 0.15) is 0 Å². The Hall–Kier alpha value is -1.40. The molecule has 1 aromatic heterocycles. The minimum absolute atomic E-state index is 0.0488. The van der Waals surface area contributed by atoms with E-state index in [1.165, 1.54) is 0 Å². The van der Waals surface area contributed by atoms with E-state index in [0.717, 1.165) is 30.6 Å². The fourth-order valence-corrected chi connectivity index (χ4v) is 2.57. The highest BCUT2D eigenvalue weighted by Gasteiger charge is 2.25. The van der Waals surface area contributed by atoms with Gasteiger partial charge in [-0.05, 0) is 11.8 Å². The van der Waals surface area contributed by atoms with Gasteiger partial charge in [-0.15, -0.1) is 0 Å². The van der Waals surface area contributed by atoms with Crippen molar-refractivity contribution in [1.29, 1.82) is 0 Å². The first-order valence-electron chi connectivity index (χ1n) is 7.09. The zero-order chi connectivity index (χ0) is 14.8. The van der Waals surface area contributed by atoms with E-state index < -0.39 is 0 Å². The first-order valence-corrected chi connectivity index (χ1v) is 7.09. The summed E-state index contributed by atoms with van der Waals surface area (Å²) in [7, 11) is 0. The van der Waals surface area contributed by atoms with E-state index in [9.17, 15) is 9.90 Å². The van der Waals surface area contributed by atoms with Crippen LogP contribution in [-0.4, -0.2) is 40.4 Å². The lowest BCUT2D eigenvalue weighted by Gasteiger charge is -2.25. The second-order valence-corrected chi connectivity index (χ2v) is 6.57. The summed E-state index contributed by atoms with van der Waals surface area (Å²) in [5, 5.41) is 22.6. The Morgan fingerprint density at radius 3 is 2.90 bits per heavy atom. The summed E-state index contributed by atoms with van der Waals surface area (Å²) in [6.07, 6.45) is 1.58. The number of fused-ring (bicyclic) bond motifs is 1. The quantitative estimate of drug-likeness (QED) is 0.649. The van der Waals surface area contributed by atoms with Crippen LogP contribution in [0.15, 0.2) is 0 Å². The molecule has 0 spiro atoms. The van der Waals surface area contributed by atoms with Crippen molar-refractivity contribution in [2.75, 3.05) is 13.2 Å². The van der Waals surface area contributed by atoms with Gasteiger partial charge < -0.3 is 15.7 Å². The van der Waals surface area contributed by atoms with Crippen LogP contribution < -0.4 is 10.6 Å². The van der Waals surface area contributed by atoms with Gasteiger partial charge in [0, 0.05) is 30.8 Å². The molecule has 1 amide bonds. The molecular formula is C14H24N4O2. The predicted molar refractivity (Wildman–Crippen MR) is 76.4 cm³/mol. The highest BCUT2D eigenvalue weighted by molar-refractivity contribution is 5.94. The lowest BCUT2D eigenvalue weighted by atomic mass is 9.88. The van der Waals surface area contributed by atoms with Gasteiger partial charge >= 0.3 is 0 Å². The normalized spacial score (nSPS) is 16.6. The van der Waals surface area contributed by atoms with Gasteiger partial charge in [-0.3, -0.25) is 9.89 Å². The molecule has 2 heterocycles. The molecule has 0 aliphatic carbocycles. The van der Waals surface area contributed by atoms with E-state index in [1.807, 2.05) is 0 Å². The summed E-state index contributed by atoms with van der Waals surface area (Å²) in [4.78, 5) is 12.3. The monoisotopic (exact) mass is 280 g/mol. The summed E-state index contributed by atoms with van der Waals surface area (Å²) in [6, 6.07) is -0.244. The van der Waals surface area contributed by atoms with E-state index in [4.69, 9.17) is 0 Å². The third-order valence-corrected chi connectivity index (χ3v) is 3.44. The standard InChI is InChI=1S/C14H24N4O2/c1-14(2,3)6-9(8-19)16-13(20)12-10-7-15-5-4-11(10)17-18-12/h9,15,19H,4-8H2,1-3H3,(H,16,20)(H,17,18). The van der Waals surface area contributed by atoms with E-state index in [-0.39, 0.29) is 24.0 Å². The molecule has 0 bridgehead atoms. The summed E-state index contributed by atoms with van der Waals surface area (Å²) in [5.74, 6) is -0.213. The molecule has 20 heavy (non-hydrogen) atoms. The second-order valence-electron chi connectivity index (χ2n) is 6.57. The first-order chi connectivity index (χ1) is 9.40. The van der Waals surface area contributed by atoms with Crippen molar-refractivity contribution >= 4 is 5.91 Å². The molecule has 1 aliphatic heterocycles. The smallest absolute Gasteiger partial charge is 0.272 e. The molecule has 1 unspecified atom stereocenters. The largest absolute Gasteiger partial charge is 0.394 e. The molecule has 0 saturated heterocycles. The van der Waals surface area contributed by atoms with Gasteiger partial charge in [-0.1, -0.05) is 20.8 Å². The zero-order valence-electron chi connectivity index (χ0n) is 12.4. The maximum Gasteiger partial charge on any atom is 0.272 e. The third kappa shape index (κ3) is 3.58. The van der Waals surface area contributed by atoms with Crippen LogP contribution in [0.5, 0.6) is 0 Å². The maximum atomic E-state index is 12.3. The minimum atomic E-state index is -0.244. The van der Waals surface area contributed by atoms with Crippen molar-refractivity contribution in [3.05, 3.63) is 17.0 Å². The summed E-state index contributed by atoms with van der Waals surface area (Å²) < 4.78 is 0. The van der Waals surface area contributed by atoms with Crippen LogP contribution in [0.4, 0.5) is 0 Å². The van der Waals surface area contributed by atoms with Crippen molar-refractivity contribution < 1.29 is 9.90 Å². The van der Waals surface area contributed by atoms with Crippen molar-refractivity contribution in [3.63, 3.8) is 0 Å². The number of nitrogens with one attached hydrogen (secondary N) is 3. The van der Waals surface area contributed by atoms with Crippen molar-refractivity contribution in [2.45, 2.75) is 46.2 Å². The Balaban J connectivity index is 2.06. The first kappa shape index (κ1) is 15.0. The van der Waals surface area contributed by atoms with Gasteiger partial charge in [0.2, 0.25) is 0 Å². The van der Waals surface area contributed by atoms with Gasteiger partial charge in [0.25, 0.3) is 5.91 Å². The van der Waals surface area contributed by atoms with Crippen LogP contribution in [0.2, 0.25) is 0 Å². The topological polar surface area (TPSA) is 90.0 Å². The molecule has 2 rings (SSSR count). The molecule has 112 valence electrons. The Labute approximate surface area is 119 Å². The van der Waals surface area contributed by atoms with Gasteiger partial charge in [0.05, 0.1) is 12.6 Å². The average molecular weight is 280 g/mol. The molecule has 1 aromatic rings. The number of aromatic amines is 1. The maximum absolute atomic E-state index is 12.3. The highest BCUT2D eigenvalue weighted by Crippen LogP contribution is 2.21.